The number of anilines is 1. The highest BCUT2D eigenvalue weighted by Gasteiger charge is 2.47. The Morgan fingerprint density at radius 3 is 2.95 bits per heavy atom. The highest BCUT2D eigenvalue weighted by Crippen LogP contribution is 2.45. The summed E-state index contributed by atoms with van der Waals surface area (Å²) < 4.78 is 13.2. The standard InChI is InChI=1S/C17H27N3O2/c1-4-6-12-9-13(7-5-8-21)16-15(12)20-14-10(2)18-11(3)19-17(14)22-16/h12-13,15-16,20-21H,4-9H2,1-3H3/t12-,13-,15+,16-/m0/s1/i21T. The highest BCUT2D eigenvalue weighted by atomic mass is 16.5. The van der Waals surface area contributed by atoms with Gasteiger partial charge < -0.3 is 15.2 Å². The SMILES string of the molecule is [3H]OCCC[C@H]1C[C@H](CCC)[C@H]2Nc3c(C)nc(C)nc3O[C@@H]12. The predicted octanol–water partition coefficient (Wildman–Crippen LogP) is 2.84. The van der Waals surface area contributed by atoms with E-state index in [2.05, 4.69) is 27.3 Å². The van der Waals surface area contributed by atoms with Crippen LogP contribution in [0.4, 0.5) is 5.69 Å². The molecule has 2 N–H and O–H groups in total. The van der Waals surface area contributed by atoms with E-state index in [0.29, 0.717) is 30.4 Å². The third-order valence-electron chi connectivity index (χ3n) is 5.04. The molecule has 0 amide bonds. The van der Waals surface area contributed by atoms with Crippen LogP contribution in [0.15, 0.2) is 0 Å². The lowest BCUT2D eigenvalue weighted by Crippen LogP contribution is -2.44. The normalized spacial score (nSPS) is 30.0. The molecule has 0 bridgehead atoms. The summed E-state index contributed by atoms with van der Waals surface area (Å²) in [5, 5.41) is 8.16. The smallest absolute Gasteiger partial charge is 0.241 e. The molecule has 1 aliphatic heterocycles. The van der Waals surface area contributed by atoms with Gasteiger partial charge in [0.05, 0.1) is 11.7 Å². The van der Waals surface area contributed by atoms with Crippen molar-refractivity contribution in [1.82, 2.24) is 9.97 Å². The average Bonchev–Trinajstić information content (AvgIpc) is 2.84. The summed E-state index contributed by atoms with van der Waals surface area (Å²) in [7, 11) is 0. The van der Waals surface area contributed by atoms with E-state index in [1.165, 1.54) is 19.3 Å². The molecule has 0 radical (unpaired) electrons. The van der Waals surface area contributed by atoms with Crippen molar-refractivity contribution in [2.45, 2.75) is 65.0 Å². The molecule has 1 aromatic rings. The largest absolute Gasteiger partial charge is 0.470 e. The molecular weight excluding hydrogens is 278 g/mol. The molecule has 2 aliphatic rings. The molecule has 1 saturated carbocycles. The van der Waals surface area contributed by atoms with Crippen LogP contribution in [0.1, 0.15) is 50.5 Å². The Morgan fingerprint density at radius 1 is 1.32 bits per heavy atom. The maximum atomic E-state index is 6.85. The van der Waals surface area contributed by atoms with Gasteiger partial charge >= 0.3 is 0 Å². The van der Waals surface area contributed by atoms with Crippen LogP contribution in [0.3, 0.4) is 0 Å². The minimum Gasteiger partial charge on any atom is -0.470 e. The summed E-state index contributed by atoms with van der Waals surface area (Å²) in [4.78, 5) is 8.95. The lowest BCUT2D eigenvalue weighted by Gasteiger charge is -2.35. The number of aromatic nitrogens is 2. The fraction of sp³-hybridized carbons (Fsp3) is 0.765. The highest BCUT2D eigenvalue weighted by molar-refractivity contribution is 5.59. The molecule has 22 heavy (non-hydrogen) atoms. The average molecular weight is 307 g/mol. The zero-order valence-corrected chi connectivity index (χ0v) is 13.8. The van der Waals surface area contributed by atoms with Gasteiger partial charge in [0.2, 0.25) is 7.31 Å². The molecule has 5 nitrogen and oxygen atoms in total. The van der Waals surface area contributed by atoms with E-state index < -0.39 is 0 Å². The van der Waals surface area contributed by atoms with Gasteiger partial charge in [0.1, 0.15) is 17.6 Å². The molecule has 1 aromatic heterocycles. The zero-order chi connectivity index (χ0) is 16.4. The van der Waals surface area contributed by atoms with Gasteiger partial charge in [-0.2, -0.15) is 4.98 Å². The molecule has 122 valence electrons. The number of hydrogen-bond donors (Lipinski definition) is 2. The maximum Gasteiger partial charge on any atom is 0.241 e. The monoisotopic (exact) mass is 307 g/mol. The molecule has 1 aliphatic carbocycles. The maximum absolute atomic E-state index is 6.85. The summed E-state index contributed by atoms with van der Waals surface area (Å²) in [6.07, 6.45) is 5.69. The number of hydrogen-bond acceptors (Lipinski definition) is 5. The van der Waals surface area contributed by atoms with Gasteiger partial charge in [0.15, 0.2) is 0 Å². The van der Waals surface area contributed by atoms with Gasteiger partial charge in [0.25, 0.3) is 0 Å². The minimum absolute atomic E-state index is 0.165. The Morgan fingerprint density at radius 2 is 2.18 bits per heavy atom. The van der Waals surface area contributed by atoms with Gasteiger partial charge in [0, 0.05) is 6.61 Å². The number of aryl methyl sites for hydroxylation is 2. The first-order valence-corrected chi connectivity index (χ1v) is 8.50. The lowest BCUT2D eigenvalue weighted by molar-refractivity contribution is 0.121. The molecule has 0 aromatic carbocycles. The molecular formula is C17H27N3O2. The van der Waals surface area contributed by atoms with Crippen molar-refractivity contribution in [3.05, 3.63) is 11.5 Å². The van der Waals surface area contributed by atoms with Gasteiger partial charge in [-0.05, 0) is 51.4 Å². The minimum atomic E-state index is 0.165. The van der Waals surface area contributed by atoms with Gasteiger partial charge in [-0.15, -0.1) is 0 Å². The number of rotatable bonds is 6. The molecule has 2 heterocycles. The molecule has 0 unspecified atom stereocenters. The van der Waals surface area contributed by atoms with Crippen molar-refractivity contribution in [2.75, 3.05) is 11.9 Å². The van der Waals surface area contributed by atoms with E-state index in [1.54, 1.807) is 0 Å². The van der Waals surface area contributed by atoms with Crippen LogP contribution in [0.25, 0.3) is 0 Å². The summed E-state index contributed by atoms with van der Waals surface area (Å²) in [5.41, 5.74) is 1.93. The fourth-order valence-electron chi connectivity index (χ4n) is 4.12. The predicted molar refractivity (Wildman–Crippen MR) is 86.2 cm³/mol. The summed E-state index contributed by atoms with van der Waals surface area (Å²) in [6, 6.07) is 0.342. The summed E-state index contributed by atoms with van der Waals surface area (Å²) in [6.45, 7) is 6.65. The van der Waals surface area contributed by atoms with Gasteiger partial charge in [-0.3, -0.25) is 0 Å². The molecule has 1 fully saturated rings. The van der Waals surface area contributed by atoms with Crippen molar-refractivity contribution in [3.8, 4) is 5.88 Å². The number of aliphatic hydroxyl groups is 1. The Labute approximate surface area is 134 Å². The lowest BCUT2D eigenvalue weighted by atomic mass is 9.96. The third kappa shape index (κ3) is 2.78. The van der Waals surface area contributed by atoms with Crippen LogP contribution in [0.5, 0.6) is 5.88 Å². The van der Waals surface area contributed by atoms with E-state index in [-0.39, 0.29) is 6.10 Å². The number of nitrogens with one attached hydrogen (secondary N) is 1. The summed E-state index contributed by atoms with van der Waals surface area (Å²) in [5.74, 6) is 2.59. The fourth-order valence-corrected chi connectivity index (χ4v) is 4.12. The van der Waals surface area contributed by atoms with E-state index in [4.69, 9.17) is 6.17 Å². The first-order valence-electron chi connectivity index (χ1n) is 8.91. The number of nitrogens with zero attached hydrogens (tertiary/aromatic N) is 2. The van der Waals surface area contributed by atoms with Crippen LogP contribution < -0.4 is 10.1 Å². The molecule has 0 saturated heterocycles. The topological polar surface area (TPSA) is 67.3 Å². The van der Waals surface area contributed by atoms with Crippen LogP contribution in [0, 0.1) is 25.7 Å². The Hall–Kier alpha value is -1.36. The van der Waals surface area contributed by atoms with Crippen molar-refractivity contribution in [2.24, 2.45) is 11.8 Å². The second kappa shape index (κ2) is 6.41. The number of aliphatic hydroxyl groups excluding tert-OH is 1. The number of fused-ring (bicyclic) bond motifs is 2. The number of ether oxygens (including phenoxy) is 1. The van der Waals surface area contributed by atoms with E-state index in [1.807, 2.05) is 13.8 Å². The molecule has 4 atom stereocenters. The van der Waals surface area contributed by atoms with Crippen molar-refractivity contribution in [3.63, 3.8) is 0 Å². The van der Waals surface area contributed by atoms with Crippen LogP contribution in [-0.4, -0.2) is 35.3 Å². The molecule has 5 heteroatoms. The van der Waals surface area contributed by atoms with E-state index >= 15 is 0 Å². The van der Waals surface area contributed by atoms with Crippen LogP contribution in [-0.2, 0) is 0 Å². The van der Waals surface area contributed by atoms with Crippen molar-refractivity contribution >= 4 is 5.69 Å². The van der Waals surface area contributed by atoms with E-state index in [9.17, 15) is 0 Å². The Balaban J connectivity index is 1.82. The quantitative estimate of drug-likeness (QED) is 0.791. The Kier molecular flexibility index (Phi) is 4.15. The summed E-state index contributed by atoms with van der Waals surface area (Å²) >= 11 is 0. The van der Waals surface area contributed by atoms with Crippen LogP contribution >= 0.6 is 0 Å². The van der Waals surface area contributed by atoms with Gasteiger partial charge in [-0.1, -0.05) is 13.3 Å². The molecule has 0 spiro atoms. The first-order chi connectivity index (χ1) is 11.1. The Bertz CT molecular complexity index is 555. The molecule has 3 rings (SSSR count). The van der Waals surface area contributed by atoms with Crippen molar-refractivity contribution in [1.29, 1.82) is 1.43 Å². The second-order valence-electron chi connectivity index (χ2n) is 6.68. The zero-order valence-electron chi connectivity index (χ0n) is 14.8. The van der Waals surface area contributed by atoms with Crippen molar-refractivity contribution < 1.29 is 9.85 Å². The van der Waals surface area contributed by atoms with Gasteiger partial charge in [-0.25, -0.2) is 4.98 Å². The second-order valence-corrected chi connectivity index (χ2v) is 6.68. The van der Waals surface area contributed by atoms with E-state index in [0.717, 1.165) is 30.0 Å². The van der Waals surface area contributed by atoms with Crippen LogP contribution in [0.2, 0.25) is 0 Å². The third-order valence-corrected chi connectivity index (χ3v) is 5.04. The first kappa shape index (κ1) is 14.2.